The molecule has 0 atom stereocenters. The van der Waals surface area contributed by atoms with Gasteiger partial charge < -0.3 is 25.1 Å². The van der Waals surface area contributed by atoms with Crippen LogP contribution >= 0.6 is 0 Å². The Kier molecular flexibility index (Phi) is 6.76. The molecular weight excluding hydrogens is 352 g/mol. The first-order valence-corrected chi connectivity index (χ1v) is 8.05. The van der Waals surface area contributed by atoms with Crippen LogP contribution in [0.5, 0.6) is 11.5 Å². The quantitative estimate of drug-likeness (QED) is 0.372. The predicted octanol–water partition coefficient (Wildman–Crippen LogP) is 3.00. The molecule has 0 aromatic heterocycles. The number of carboxylic acid groups (broad SMARTS) is 1. The lowest BCUT2D eigenvalue weighted by Crippen LogP contribution is -2.13. The fraction of sp³-hybridized carbons (Fsp3) is 0.211. The number of oxime groups is 1. The minimum absolute atomic E-state index is 0.0978. The zero-order chi connectivity index (χ0) is 19.8. The number of amides is 1. The number of carbonyl (C=O) groups is 2. The molecule has 0 spiro atoms. The van der Waals surface area contributed by atoms with Crippen LogP contribution < -0.4 is 14.8 Å². The molecule has 8 nitrogen and oxygen atoms in total. The van der Waals surface area contributed by atoms with Gasteiger partial charge in [0.2, 0.25) is 0 Å². The highest BCUT2D eigenvalue weighted by molar-refractivity contribution is 6.07. The molecule has 2 rings (SSSR count). The molecule has 0 radical (unpaired) electrons. The first-order chi connectivity index (χ1) is 13.0. The molecule has 2 aromatic carbocycles. The maximum atomic E-state index is 12.5. The van der Waals surface area contributed by atoms with Crippen LogP contribution in [-0.4, -0.2) is 42.1 Å². The lowest BCUT2D eigenvalue weighted by atomic mass is 10.1. The van der Waals surface area contributed by atoms with Crippen LogP contribution in [0, 0.1) is 0 Å². The highest BCUT2D eigenvalue weighted by Gasteiger charge is 2.14. The van der Waals surface area contributed by atoms with E-state index in [1.807, 2.05) is 0 Å². The van der Waals surface area contributed by atoms with Gasteiger partial charge in [-0.2, -0.15) is 0 Å². The number of hydrogen-bond donors (Lipinski definition) is 3. The summed E-state index contributed by atoms with van der Waals surface area (Å²) in [6, 6.07) is 11.4. The maximum absolute atomic E-state index is 12.5. The number of benzene rings is 2. The molecule has 0 aliphatic heterocycles. The van der Waals surface area contributed by atoms with Crippen molar-refractivity contribution in [3.05, 3.63) is 53.6 Å². The molecule has 8 heteroatoms. The van der Waals surface area contributed by atoms with Crippen LogP contribution in [-0.2, 0) is 4.79 Å². The molecule has 3 N–H and O–H groups in total. The van der Waals surface area contributed by atoms with Crippen LogP contribution in [0.3, 0.4) is 0 Å². The van der Waals surface area contributed by atoms with Crippen molar-refractivity contribution >= 4 is 23.3 Å². The Morgan fingerprint density at radius 1 is 1.04 bits per heavy atom. The van der Waals surface area contributed by atoms with Gasteiger partial charge in [0.05, 0.1) is 31.9 Å². The van der Waals surface area contributed by atoms with Crippen molar-refractivity contribution in [3.63, 3.8) is 0 Å². The van der Waals surface area contributed by atoms with E-state index in [9.17, 15) is 9.59 Å². The third-order valence-electron chi connectivity index (χ3n) is 3.83. The summed E-state index contributed by atoms with van der Waals surface area (Å²) in [5, 5.41) is 23.7. The normalized spacial score (nSPS) is 11.0. The number of anilines is 1. The topological polar surface area (TPSA) is 117 Å². The van der Waals surface area contributed by atoms with Gasteiger partial charge in [-0.05, 0) is 29.8 Å². The van der Waals surface area contributed by atoms with Gasteiger partial charge in [0.1, 0.15) is 11.5 Å². The van der Waals surface area contributed by atoms with Gasteiger partial charge >= 0.3 is 5.97 Å². The van der Waals surface area contributed by atoms with E-state index >= 15 is 0 Å². The van der Waals surface area contributed by atoms with E-state index in [0.29, 0.717) is 28.3 Å². The first-order valence-electron chi connectivity index (χ1n) is 8.05. The molecule has 0 aliphatic carbocycles. The van der Waals surface area contributed by atoms with E-state index < -0.39 is 5.97 Å². The van der Waals surface area contributed by atoms with Crippen molar-refractivity contribution in [3.8, 4) is 11.5 Å². The van der Waals surface area contributed by atoms with Gasteiger partial charge in [0, 0.05) is 18.2 Å². The molecule has 0 unspecified atom stereocenters. The Bertz CT molecular complexity index is 846. The SMILES string of the molecule is COc1ccc(C(=O)Nc2ccc(/C(CCC(=O)O)=N/O)cc2)c(OC)c1. The molecule has 142 valence electrons. The van der Waals surface area contributed by atoms with E-state index in [0.717, 1.165) is 0 Å². The first kappa shape index (κ1) is 19.8. The number of nitrogens with one attached hydrogen (secondary N) is 1. The number of hydrogen-bond acceptors (Lipinski definition) is 6. The number of aliphatic carboxylic acids is 1. The van der Waals surface area contributed by atoms with Crippen molar-refractivity contribution < 1.29 is 29.4 Å². The molecule has 0 heterocycles. The Labute approximate surface area is 156 Å². The van der Waals surface area contributed by atoms with E-state index in [4.69, 9.17) is 19.8 Å². The number of rotatable bonds is 8. The zero-order valence-electron chi connectivity index (χ0n) is 14.9. The Hall–Kier alpha value is -3.55. The molecular formula is C19H20N2O6. The Morgan fingerprint density at radius 3 is 2.30 bits per heavy atom. The monoisotopic (exact) mass is 372 g/mol. The molecule has 0 bridgehead atoms. The van der Waals surface area contributed by atoms with Crippen LogP contribution in [0.1, 0.15) is 28.8 Å². The molecule has 0 aliphatic rings. The van der Waals surface area contributed by atoms with Gasteiger partial charge in [-0.1, -0.05) is 17.3 Å². The van der Waals surface area contributed by atoms with E-state index in [2.05, 4.69) is 10.5 Å². The van der Waals surface area contributed by atoms with Crippen LogP contribution in [0.15, 0.2) is 47.6 Å². The zero-order valence-corrected chi connectivity index (χ0v) is 14.9. The summed E-state index contributed by atoms with van der Waals surface area (Å²) < 4.78 is 10.3. The standard InChI is InChI=1S/C19H20N2O6/c1-26-14-7-8-15(17(11-14)27-2)19(24)20-13-5-3-12(4-6-13)16(21-25)9-10-18(22)23/h3-8,11,25H,9-10H2,1-2H3,(H,20,24)(H,22,23)/b21-16+. The lowest BCUT2D eigenvalue weighted by molar-refractivity contribution is -0.136. The number of nitrogens with zero attached hydrogens (tertiary/aromatic N) is 1. The average molecular weight is 372 g/mol. The summed E-state index contributed by atoms with van der Waals surface area (Å²) >= 11 is 0. The molecule has 27 heavy (non-hydrogen) atoms. The third kappa shape index (κ3) is 5.21. The van der Waals surface area contributed by atoms with E-state index in [-0.39, 0.29) is 24.5 Å². The van der Waals surface area contributed by atoms with E-state index in [1.165, 1.54) is 14.2 Å². The minimum atomic E-state index is -0.978. The summed E-state index contributed by atoms with van der Waals surface area (Å²) in [4.78, 5) is 23.1. The van der Waals surface area contributed by atoms with Gasteiger partial charge in [-0.25, -0.2) is 0 Å². The number of carboxylic acids is 1. The van der Waals surface area contributed by atoms with Crippen molar-refractivity contribution in [2.75, 3.05) is 19.5 Å². The third-order valence-corrected chi connectivity index (χ3v) is 3.83. The second kappa shape index (κ2) is 9.23. The van der Waals surface area contributed by atoms with Gasteiger partial charge in [0.25, 0.3) is 5.91 Å². The van der Waals surface area contributed by atoms with Gasteiger partial charge in [0.15, 0.2) is 0 Å². The summed E-state index contributed by atoms with van der Waals surface area (Å²) in [6.07, 6.45) is -0.0459. The number of ether oxygens (including phenoxy) is 2. The van der Waals surface area contributed by atoms with Gasteiger partial charge in [-0.15, -0.1) is 0 Å². The van der Waals surface area contributed by atoms with Crippen molar-refractivity contribution in [2.24, 2.45) is 5.16 Å². The number of methoxy groups -OCH3 is 2. The second-order valence-corrected chi connectivity index (χ2v) is 5.54. The Balaban J connectivity index is 2.12. The van der Waals surface area contributed by atoms with Gasteiger partial charge in [-0.3, -0.25) is 9.59 Å². The van der Waals surface area contributed by atoms with E-state index in [1.54, 1.807) is 42.5 Å². The van der Waals surface area contributed by atoms with Crippen LogP contribution in [0.2, 0.25) is 0 Å². The van der Waals surface area contributed by atoms with Crippen molar-refractivity contribution in [1.82, 2.24) is 0 Å². The smallest absolute Gasteiger partial charge is 0.303 e. The number of carbonyl (C=O) groups excluding carboxylic acids is 1. The molecule has 1 amide bonds. The molecule has 0 fully saturated rings. The highest BCUT2D eigenvalue weighted by atomic mass is 16.5. The van der Waals surface area contributed by atoms with Crippen molar-refractivity contribution in [2.45, 2.75) is 12.8 Å². The fourth-order valence-corrected chi connectivity index (χ4v) is 2.41. The fourth-order valence-electron chi connectivity index (χ4n) is 2.41. The lowest BCUT2D eigenvalue weighted by Gasteiger charge is -2.11. The molecule has 2 aromatic rings. The Morgan fingerprint density at radius 2 is 1.74 bits per heavy atom. The van der Waals surface area contributed by atoms with Crippen molar-refractivity contribution in [1.29, 1.82) is 0 Å². The highest BCUT2D eigenvalue weighted by Crippen LogP contribution is 2.25. The summed E-state index contributed by atoms with van der Waals surface area (Å²) in [7, 11) is 2.99. The molecule has 0 saturated heterocycles. The average Bonchev–Trinajstić information content (AvgIpc) is 2.68. The maximum Gasteiger partial charge on any atom is 0.303 e. The largest absolute Gasteiger partial charge is 0.497 e. The summed E-state index contributed by atoms with van der Waals surface area (Å²) in [5.41, 5.74) is 1.70. The summed E-state index contributed by atoms with van der Waals surface area (Å²) in [6.45, 7) is 0. The van der Waals surface area contributed by atoms with Crippen LogP contribution in [0.4, 0.5) is 5.69 Å². The second-order valence-electron chi connectivity index (χ2n) is 5.54. The minimum Gasteiger partial charge on any atom is -0.497 e. The van der Waals surface area contributed by atoms with Crippen LogP contribution in [0.25, 0.3) is 0 Å². The molecule has 0 saturated carbocycles. The predicted molar refractivity (Wildman–Crippen MR) is 99.1 cm³/mol. The summed E-state index contributed by atoms with van der Waals surface area (Å²) in [5.74, 6) is -0.380.